The van der Waals surface area contributed by atoms with E-state index in [-0.39, 0.29) is 23.0 Å². The molecule has 0 radical (unpaired) electrons. The van der Waals surface area contributed by atoms with Gasteiger partial charge in [0.25, 0.3) is 0 Å². The van der Waals surface area contributed by atoms with E-state index in [1.54, 1.807) is 57.1 Å². The fraction of sp³-hybridized carbons (Fsp3) is 0.600. The first-order valence-electron chi connectivity index (χ1n) is 14.7. The number of sulfonamides is 2. The number of ether oxygens (including phenoxy) is 2. The van der Waals surface area contributed by atoms with Crippen LogP contribution in [0.25, 0.3) is 0 Å². The third-order valence-corrected chi connectivity index (χ3v) is 10.4. The molecule has 10 heteroatoms. The van der Waals surface area contributed by atoms with Crippen LogP contribution >= 0.6 is 0 Å². The Labute approximate surface area is 242 Å². The van der Waals surface area contributed by atoms with Crippen LogP contribution in [0.15, 0.2) is 58.3 Å². The molecule has 2 aromatic carbocycles. The fourth-order valence-electron chi connectivity index (χ4n) is 4.08. The van der Waals surface area contributed by atoms with Gasteiger partial charge in [0, 0.05) is 26.2 Å². The summed E-state index contributed by atoms with van der Waals surface area (Å²) < 4.78 is 67.1. The van der Waals surface area contributed by atoms with Crippen LogP contribution in [-0.2, 0) is 20.0 Å². The van der Waals surface area contributed by atoms with Crippen molar-refractivity contribution in [3.05, 3.63) is 48.5 Å². The third kappa shape index (κ3) is 10.4. The van der Waals surface area contributed by atoms with Crippen LogP contribution in [0, 0.1) is 0 Å². The summed E-state index contributed by atoms with van der Waals surface area (Å²) in [5.41, 5.74) is 0. The zero-order valence-electron chi connectivity index (χ0n) is 24.7. The fourth-order valence-corrected chi connectivity index (χ4v) is 7.11. The highest BCUT2D eigenvalue weighted by molar-refractivity contribution is 7.89. The van der Waals surface area contributed by atoms with E-state index in [2.05, 4.69) is 27.7 Å². The van der Waals surface area contributed by atoms with Crippen LogP contribution in [0.1, 0.15) is 79.1 Å². The van der Waals surface area contributed by atoms with Gasteiger partial charge in [-0.15, -0.1) is 0 Å². The molecule has 0 saturated heterocycles. The van der Waals surface area contributed by atoms with Crippen molar-refractivity contribution in [1.82, 2.24) is 8.61 Å². The first-order chi connectivity index (χ1) is 19.2. The zero-order valence-corrected chi connectivity index (χ0v) is 26.3. The van der Waals surface area contributed by atoms with E-state index in [0.717, 1.165) is 51.4 Å². The normalized spacial score (nSPS) is 12.2. The van der Waals surface area contributed by atoms with Crippen molar-refractivity contribution in [3.63, 3.8) is 0 Å². The SMILES string of the molecule is CCCCN(CCCC)S(=O)(=O)c1ccc(OCCOc2ccc(S(=O)(=O)N(CCCC)CCCC)cc2)cc1. The van der Waals surface area contributed by atoms with E-state index in [1.165, 1.54) is 0 Å². The third-order valence-electron chi connectivity index (χ3n) is 6.59. The number of hydrogen-bond acceptors (Lipinski definition) is 6. The molecule has 0 saturated carbocycles. The Morgan fingerprint density at radius 2 is 0.775 bits per heavy atom. The second-order valence-corrected chi connectivity index (χ2v) is 13.7. The highest BCUT2D eigenvalue weighted by Gasteiger charge is 2.24. The van der Waals surface area contributed by atoms with Gasteiger partial charge in [0.15, 0.2) is 0 Å². The minimum Gasteiger partial charge on any atom is -0.490 e. The van der Waals surface area contributed by atoms with Crippen molar-refractivity contribution in [1.29, 1.82) is 0 Å². The minimum atomic E-state index is -3.55. The maximum Gasteiger partial charge on any atom is 0.243 e. The van der Waals surface area contributed by atoms with Gasteiger partial charge in [-0.3, -0.25) is 0 Å². The van der Waals surface area contributed by atoms with E-state index in [1.807, 2.05) is 0 Å². The Hall–Kier alpha value is -2.14. The molecule has 2 rings (SSSR count). The molecule has 0 N–H and O–H groups in total. The van der Waals surface area contributed by atoms with Gasteiger partial charge in [-0.25, -0.2) is 16.8 Å². The Morgan fingerprint density at radius 3 is 1.02 bits per heavy atom. The van der Waals surface area contributed by atoms with Crippen molar-refractivity contribution in [2.24, 2.45) is 0 Å². The zero-order chi connectivity index (χ0) is 29.4. The molecule has 0 amide bonds. The standard InChI is InChI=1S/C30H48N2O6S2/c1-5-9-21-31(22-10-6-2)39(33,34)29-17-13-27(14-18-29)37-25-26-38-28-15-19-30(20-16-28)40(35,36)32(23-11-7-3)24-12-8-4/h13-20H,5-12,21-26H2,1-4H3. The lowest BCUT2D eigenvalue weighted by molar-refractivity contribution is 0.217. The summed E-state index contributed by atoms with van der Waals surface area (Å²) in [4.78, 5) is 0.530. The molecule has 0 heterocycles. The Kier molecular flexibility index (Phi) is 15.0. The monoisotopic (exact) mass is 596 g/mol. The molecular formula is C30H48N2O6S2. The van der Waals surface area contributed by atoms with Crippen LogP contribution in [0.2, 0.25) is 0 Å². The van der Waals surface area contributed by atoms with Crippen LogP contribution < -0.4 is 9.47 Å². The lowest BCUT2D eigenvalue weighted by Crippen LogP contribution is -2.33. The molecule has 2 aromatic rings. The van der Waals surface area contributed by atoms with Gasteiger partial charge in [0.1, 0.15) is 24.7 Å². The van der Waals surface area contributed by atoms with Gasteiger partial charge < -0.3 is 9.47 Å². The van der Waals surface area contributed by atoms with Gasteiger partial charge in [0.2, 0.25) is 20.0 Å². The largest absolute Gasteiger partial charge is 0.490 e. The predicted octanol–water partition coefficient (Wildman–Crippen LogP) is 6.33. The Bertz CT molecular complexity index is 1070. The van der Waals surface area contributed by atoms with E-state index in [9.17, 15) is 16.8 Å². The average Bonchev–Trinajstić information content (AvgIpc) is 2.95. The molecule has 0 fully saturated rings. The van der Waals surface area contributed by atoms with Gasteiger partial charge >= 0.3 is 0 Å². The quantitative estimate of drug-likeness (QED) is 0.157. The van der Waals surface area contributed by atoms with Crippen LogP contribution in [0.5, 0.6) is 11.5 Å². The summed E-state index contributed by atoms with van der Waals surface area (Å²) in [5.74, 6) is 1.11. The molecule has 226 valence electrons. The summed E-state index contributed by atoms with van der Waals surface area (Å²) >= 11 is 0. The van der Waals surface area contributed by atoms with E-state index in [4.69, 9.17) is 9.47 Å². The maximum absolute atomic E-state index is 13.1. The summed E-state index contributed by atoms with van der Waals surface area (Å²) in [6, 6.07) is 13.0. The van der Waals surface area contributed by atoms with Gasteiger partial charge in [-0.2, -0.15) is 8.61 Å². The predicted molar refractivity (Wildman–Crippen MR) is 161 cm³/mol. The van der Waals surface area contributed by atoms with Crippen LogP contribution in [-0.4, -0.2) is 64.8 Å². The number of unbranched alkanes of at least 4 members (excludes halogenated alkanes) is 4. The van der Waals surface area contributed by atoms with Gasteiger partial charge in [-0.05, 0) is 74.2 Å². The van der Waals surface area contributed by atoms with Crippen molar-refractivity contribution in [2.75, 3.05) is 39.4 Å². The lowest BCUT2D eigenvalue weighted by atomic mass is 10.3. The molecule has 0 aliphatic rings. The van der Waals surface area contributed by atoms with Gasteiger partial charge in [-0.1, -0.05) is 53.4 Å². The first-order valence-corrected chi connectivity index (χ1v) is 17.5. The molecule has 0 spiro atoms. The Balaban J connectivity index is 1.91. The smallest absolute Gasteiger partial charge is 0.243 e. The summed E-state index contributed by atoms with van der Waals surface area (Å²) in [6.07, 6.45) is 7.08. The molecule has 40 heavy (non-hydrogen) atoms. The molecule has 0 aromatic heterocycles. The van der Waals surface area contributed by atoms with Crippen molar-refractivity contribution >= 4 is 20.0 Å². The molecule has 0 bridgehead atoms. The lowest BCUT2D eigenvalue weighted by Gasteiger charge is -2.22. The molecular weight excluding hydrogens is 548 g/mol. The number of benzene rings is 2. The summed E-state index contributed by atoms with van der Waals surface area (Å²) in [7, 11) is -7.09. The second-order valence-electron chi connectivity index (χ2n) is 9.86. The highest BCUT2D eigenvalue weighted by Crippen LogP contribution is 2.22. The van der Waals surface area contributed by atoms with Crippen molar-refractivity contribution in [3.8, 4) is 11.5 Å². The molecule has 0 aliphatic carbocycles. The molecule has 0 unspecified atom stereocenters. The topological polar surface area (TPSA) is 93.2 Å². The highest BCUT2D eigenvalue weighted by atomic mass is 32.2. The van der Waals surface area contributed by atoms with E-state index >= 15 is 0 Å². The summed E-state index contributed by atoms with van der Waals surface area (Å²) in [6.45, 7) is 10.8. The van der Waals surface area contributed by atoms with E-state index in [0.29, 0.717) is 37.7 Å². The average molecular weight is 597 g/mol. The summed E-state index contributed by atoms with van der Waals surface area (Å²) in [5, 5.41) is 0. The second kappa shape index (κ2) is 17.6. The van der Waals surface area contributed by atoms with Crippen LogP contribution in [0.4, 0.5) is 0 Å². The van der Waals surface area contributed by atoms with Crippen molar-refractivity contribution in [2.45, 2.75) is 88.9 Å². The number of nitrogens with zero attached hydrogens (tertiary/aromatic N) is 2. The number of rotatable bonds is 21. The minimum absolute atomic E-state index is 0.257. The molecule has 0 aliphatic heterocycles. The first kappa shape index (κ1) is 34.1. The van der Waals surface area contributed by atoms with E-state index < -0.39 is 20.0 Å². The van der Waals surface area contributed by atoms with Crippen molar-refractivity contribution < 1.29 is 26.3 Å². The Morgan fingerprint density at radius 1 is 0.500 bits per heavy atom. The molecule has 8 nitrogen and oxygen atoms in total. The van der Waals surface area contributed by atoms with Crippen LogP contribution in [0.3, 0.4) is 0 Å². The molecule has 0 atom stereocenters. The van der Waals surface area contributed by atoms with Gasteiger partial charge in [0.05, 0.1) is 9.79 Å². The number of hydrogen-bond donors (Lipinski definition) is 0. The maximum atomic E-state index is 13.1.